The Morgan fingerprint density at radius 1 is 1.00 bits per heavy atom. The number of rotatable bonds is 9. The molecule has 0 saturated heterocycles. The molecule has 23 heavy (non-hydrogen) atoms. The van der Waals surface area contributed by atoms with Gasteiger partial charge in [0.05, 0.1) is 13.2 Å². The normalized spacial score (nSPS) is 12.1. The number of nitrogens with one attached hydrogen (secondary N) is 1. The van der Waals surface area contributed by atoms with Crippen LogP contribution in [-0.4, -0.2) is 25.3 Å². The summed E-state index contributed by atoms with van der Waals surface area (Å²) >= 11 is 0. The third kappa shape index (κ3) is 5.70. The van der Waals surface area contributed by atoms with E-state index in [9.17, 15) is 5.11 Å². The van der Waals surface area contributed by atoms with Gasteiger partial charge in [0.25, 0.3) is 0 Å². The van der Waals surface area contributed by atoms with Crippen LogP contribution in [-0.2, 0) is 12.8 Å². The first-order chi connectivity index (χ1) is 11.2. The van der Waals surface area contributed by atoms with E-state index in [1.807, 2.05) is 24.3 Å². The Bertz CT molecular complexity index is 563. The van der Waals surface area contributed by atoms with E-state index < -0.39 is 6.10 Å². The van der Waals surface area contributed by atoms with Crippen molar-refractivity contribution in [2.75, 3.05) is 20.2 Å². The van der Waals surface area contributed by atoms with E-state index in [0.29, 0.717) is 6.54 Å². The lowest BCUT2D eigenvalue weighted by Crippen LogP contribution is -2.22. The molecule has 0 spiro atoms. The fourth-order valence-corrected chi connectivity index (χ4v) is 2.54. The lowest BCUT2D eigenvalue weighted by Gasteiger charge is -2.13. The molecule has 2 N–H and O–H groups in total. The quantitative estimate of drug-likeness (QED) is 0.696. The van der Waals surface area contributed by atoms with E-state index in [1.165, 1.54) is 11.1 Å². The largest absolute Gasteiger partial charge is 0.497 e. The summed E-state index contributed by atoms with van der Waals surface area (Å²) < 4.78 is 5.12. The molecule has 2 rings (SSSR count). The average molecular weight is 313 g/mol. The molecule has 0 aliphatic heterocycles. The van der Waals surface area contributed by atoms with E-state index in [1.54, 1.807) is 7.11 Å². The number of aryl methyl sites for hydroxylation is 2. The smallest absolute Gasteiger partial charge is 0.118 e. The lowest BCUT2D eigenvalue weighted by atomic mass is 10.1. The molecule has 3 heteroatoms. The average Bonchev–Trinajstić information content (AvgIpc) is 2.62. The standard InChI is InChI=1S/C20H27NO2/c1-3-16-6-8-17(9-7-16)5-4-14-21-15-20(22)18-10-12-19(23-2)13-11-18/h6-13,20-22H,3-5,14-15H2,1-2H3. The summed E-state index contributed by atoms with van der Waals surface area (Å²) in [5, 5.41) is 13.5. The van der Waals surface area contributed by atoms with Crippen LogP contribution >= 0.6 is 0 Å². The van der Waals surface area contributed by atoms with Gasteiger partial charge in [-0.1, -0.05) is 43.3 Å². The summed E-state index contributed by atoms with van der Waals surface area (Å²) in [5.41, 5.74) is 3.67. The van der Waals surface area contributed by atoms with E-state index in [0.717, 1.165) is 37.1 Å². The summed E-state index contributed by atoms with van der Waals surface area (Å²) in [6.45, 7) is 3.65. The molecule has 3 nitrogen and oxygen atoms in total. The van der Waals surface area contributed by atoms with Crippen LogP contribution in [0.2, 0.25) is 0 Å². The fourth-order valence-electron chi connectivity index (χ4n) is 2.54. The first-order valence-electron chi connectivity index (χ1n) is 8.33. The maximum Gasteiger partial charge on any atom is 0.118 e. The van der Waals surface area contributed by atoms with Crippen molar-refractivity contribution in [1.82, 2.24) is 5.32 Å². The van der Waals surface area contributed by atoms with Gasteiger partial charge in [0.1, 0.15) is 5.75 Å². The maximum atomic E-state index is 10.2. The Balaban J connectivity index is 1.65. The molecule has 0 aliphatic rings. The zero-order valence-corrected chi connectivity index (χ0v) is 14.1. The van der Waals surface area contributed by atoms with Crippen molar-refractivity contribution in [3.63, 3.8) is 0 Å². The van der Waals surface area contributed by atoms with Crippen molar-refractivity contribution in [1.29, 1.82) is 0 Å². The SMILES string of the molecule is CCc1ccc(CCCNCC(O)c2ccc(OC)cc2)cc1. The number of methoxy groups -OCH3 is 1. The van der Waals surface area contributed by atoms with Gasteiger partial charge in [0, 0.05) is 6.54 Å². The molecule has 0 fully saturated rings. The minimum Gasteiger partial charge on any atom is -0.497 e. The highest BCUT2D eigenvalue weighted by atomic mass is 16.5. The molecule has 0 saturated carbocycles. The van der Waals surface area contributed by atoms with Gasteiger partial charge in [-0.2, -0.15) is 0 Å². The van der Waals surface area contributed by atoms with Crippen molar-refractivity contribution in [3.8, 4) is 5.75 Å². The second-order valence-corrected chi connectivity index (χ2v) is 5.77. The zero-order chi connectivity index (χ0) is 16.5. The molecule has 0 aliphatic carbocycles. The molecule has 2 aromatic rings. The van der Waals surface area contributed by atoms with Crippen molar-refractivity contribution < 1.29 is 9.84 Å². The van der Waals surface area contributed by atoms with Crippen molar-refractivity contribution in [2.45, 2.75) is 32.3 Å². The van der Waals surface area contributed by atoms with Gasteiger partial charge in [0.15, 0.2) is 0 Å². The van der Waals surface area contributed by atoms with Crippen LogP contribution < -0.4 is 10.1 Å². The van der Waals surface area contributed by atoms with Crippen LogP contribution in [0.3, 0.4) is 0 Å². The van der Waals surface area contributed by atoms with E-state index in [2.05, 4.69) is 36.5 Å². The molecule has 0 radical (unpaired) electrons. The van der Waals surface area contributed by atoms with Crippen LogP contribution in [0.25, 0.3) is 0 Å². The molecule has 1 atom stereocenters. The van der Waals surface area contributed by atoms with E-state index in [-0.39, 0.29) is 0 Å². The second kappa shape index (κ2) is 9.33. The number of hydrogen-bond acceptors (Lipinski definition) is 3. The molecule has 0 aromatic heterocycles. The summed E-state index contributed by atoms with van der Waals surface area (Å²) in [4.78, 5) is 0. The maximum absolute atomic E-state index is 10.2. The summed E-state index contributed by atoms with van der Waals surface area (Å²) in [6.07, 6.45) is 2.74. The molecule has 0 heterocycles. The Labute approximate surface area is 139 Å². The third-order valence-electron chi connectivity index (χ3n) is 4.09. The Hall–Kier alpha value is -1.84. The highest BCUT2D eigenvalue weighted by molar-refractivity contribution is 5.28. The van der Waals surface area contributed by atoms with Crippen LogP contribution in [0.5, 0.6) is 5.75 Å². The topological polar surface area (TPSA) is 41.5 Å². The molecule has 0 bridgehead atoms. The van der Waals surface area contributed by atoms with E-state index >= 15 is 0 Å². The van der Waals surface area contributed by atoms with Gasteiger partial charge in [-0.25, -0.2) is 0 Å². The van der Waals surface area contributed by atoms with Crippen molar-refractivity contribution >= 4 is 0 Å². The first-order valence-corrected chi connectivity index (χ1v) is 8.33. The van der Waals surface area contributed by atoms with Gasteiger partial charge >= 0.3 is 0 Å². The molecule has 0 amide bonds. The first kappa shape index (κ1) is 17.5. The third-order valence-corrected chi connectivity index (χ3v) is 4.09. The zero-order valence-electron chi connectivity index (χ0n) is 14.1. The Morgan fingerprint density at radius 2 is 1.65 bits per heavy atom. The predicted octanol–water partition coefficient (Wildman–Crippen LogP) is 3.51. The lowest BCUT2D eigenvalue weighted by molar-refractivity contribution is 0.175. The molecular formula is C20H27NO2. The summed E-state index contributed by atoms with van der Waals surface area (Å²) in [6, 6.07) is 16.4. The van der Waals surface area contributed by atoms with Crippen LogP contribution in [0.15, 0.2) is 48.5 Å². The Kier molecular flexibility index (Phi) is 7.11. The number of benzene rings is 2. The minimum absolute atomic E-state index is 0.482. The number of hydrogen-bond donors (Lipinski definition) is 2. The minimum atomic E-state index is -0.482. The number of aliphatic hydroxyl groups is 1. The fraction of sp³-hybridized carbons (Fsp3) is 0.400. The van der Waals surface area contributed by atoms with Gasteiger partial charge in [-0.15, -0.1) is 0 Å². The van der Waals surface area contributed by atoms with Crippen molar-refractivity contribution in [3.05, 3.63) is 65.2 Å². The van der Waals surface area contributed by atoms with Gasteiger partial charge < -0.3 is 15.2 Å². The van der Waals surface area contributed by atoms with Crippen molar-refractivity contribution in [2.24, 2.45) is 0 Å². The van der Waals surface area contributed by atoms with Gasteiger partial charge in [0.2, 0.25) is 0 Å². The highest BCUT2D eigenvalue weighted by Crippen LogP contribution is 2.17. The second-order valence-electron chi connectivity index (χ2n) is 5.77. The number of ether oxygens (including phenoxy) is 1. The summed E-state index contributed by atoms with van der Waals surface area (Å²) in [7, 11) is 1.64. The highest BCUT2D eigenvalue weighted by Gasteiger charge is 2.06. The molecule has 2 aromatic carbocycles. The monoisotopic (exact) mass is 313 g/mol. The van der Waals surface area contributed by atoms with Crippen LogP contribution in [0.1, 0.15) is 36.1 Å². The Morgan fingerprint density at radius 3 is 2.26 bits per heavy atom. The van der Waals surface area contributed by atoms with Gasteiger partial charge in [-0.3, -0.25) is 0 Å². The van der Waals surface area contributed by atoms with Gasteiger partial charge in [-0.05, 0) is 54.6 Å². The van der Waals surface area contributed by atoms with E-state index in [4.69, 9.17) is 4.74 Å². The molecular weight excluding hydrogens is 286 g/mol. The van der Waals surface area contributed by atoms with Crippen LogP contribution in [0.4, 0.5) is 0 Å². The summed E-state index contributed by atoms with van der Waals surface area (Å²) in [5.74, 6) is 0.808. The molecule has 124 valence electrons. The number of aliphatic hydroxyl groups excluding tert-OH is 1. The van der Waals surface area contributed by atoms with Crippen LogP contribution in [0, 0.1) is 0 Å². The molecule has 1 unspecified atom stereocenters. The predicted molar refractivity (Wildman–Crippen MR) is 95.0 cm³/mol.